The highest BCUT2D eigenvalue weighted by atomic mass is 27.0. The minimum absolute atomic E-state index is 0.771. The van der Waals surface area contributed by atoms with E-state index in [1.165, 1.54) is 16.2 Å². The van der Waals surface area contributed by atoms with E-state index < -0.39 is 0 Å². The van der Waals surface area contributed by atoms with Crippen LogP contribution in [0.3, 0.4) is 0 Å². The molecule has 0 aliphatic carbocycles. The van der Waals surface area contributed by atoms with Gasteiger partial charge in [0.15, 0.2) is 0 Å². The average molecular weight is 571 g/mol. The molecule has 0 N–H and O–H groups in total. The normalized spacial score (nSPS) is 12.9. The van der Waals surface area contributed by atoms with Gasteiger partial charge in [-0.15, -0.1) is 0 Å². The van der Waals surface area contributed by atoms with Gasteiger partial charge in [-0.3, -0.25) is 9.55 Å². The van der Waals surface area contributed by atoms with Gasteiger partial charge in [0.25, 0.3) is 16.3 Å². The first-order chi connectivity index (χ1) is 21.0. The van der Waals surface area contributed by atoms with Crippen molar-refractivity contribution in [2.24, 2.45) is 0 Å². The number of benzene rings is 4. The van der Waals surface area contributed by atoms with Crippen LogP contribution in [-0.2, 0) is 0 Å². The number of aromatic nitrogens is 4. The van der Waals surface area contributed by atoms with Crippen molar-refractivity contribution < 1.29 is 0 Å². The maximum atomic E-state index is 5.18. The molecule has 3 heterocycles. The zero-order valence-electron chi connectivity index (χ0n) is 24.7. The molecule has 4 aromatic carbocycles. The fraction of sp³-hybridized carbons (Fsp3) is 0.0526. The largest absolute Gasteiger partial charge is 0.309 e. The first-order valence-electron chi connectivity index (χ1n) is 14.5. The summed E-state index contributed by atoms with van der Waals surface area (Å²) >= 11 is 0.771. The predicted molar refractivity (Wildman–Crippen MR) is 186 cm³/mol. The Morgan fingerprint density at radius 3 is 2.26 bits per heavy atom. The summed E-state index contributed by atoms with van der Waals surface area (Å²) < 4.78 is 5.61. The van der Waals surface area contributed by atoms with Crippen LogP contribution < -0.4 is 15.1 Å². The molecule has 4 nitrogen and oxygen atoms in total. The fourth-order valence-electron chi connectivity index (χ4n) is 6.26. The van der Waals surface area contributed by atoms with E-state index >= 15 is 0 Å². The maximum Gasteiger partial charge on any atom is 0.296 e. The van der Waals surface area contributed by atoms with E-state index in [9.17, 15) is 0 Å². The summed E-state index contributed by atoms with van der Waals surface area (Å²) in [5, 5.41) is 6.73. The van der Waals surface area contributed by atoms with Gasteiger partial charge in [-0.2, -0.15) is 0 Å². The highest BCUT2D eigenvalue weighted by molar-refractivity contribution is 6.33. The molecular formula is C38H31AlN4. The Morgan fingerprint density at radius 2 is 1.51 bits per heavy atom. The van der Waals surface area contributed by atoms with Crippen LogP contribution in [0.25, 0.3) is 67.8 Å². The van der Waals surface area contributed by atoms with Crippen LogP contribution in [0.2, 0.25) is 0 Å². The molecule has 0 unspecified atom stereocenters. The monoisotopic (exact) mass is 570 g/mol. The van der Waals surface area contributed by atoms with Gasteiger partial charge in [-0.1, -0.05) is 79.9 Å². The molecule has 43 heavy (non-hydrogen) atoms. The Bertz CT molecular complexity index is 2420. The second-order valence-electron chi connectivity index (χ2n) is 10.9. The first-order valence-corrected chi connectivity index (χ1v) is 15.5. The molecule has 0 spiro atoms. The number of nitrogens with zero attached hydrogens (tertiary/aromatic N) is 4. The van der Waals surface area contributed by atoms with Crippen molar-refractivity contribution in [3.8, 4) is 5.82 Å². The quantitative estimate of drug-likeness (QED) is 0.186. The number of rotatable bonds is 5. The van der Waals surface area contributed by atoms with E-state index in [1.807, 2.05) is 43.3 Å². The van der Waals surface area contributed by atoms with Crippen LogP contribution >= 0.6 is 0 Å². The van der Waals surface area contributed by atoms with E-state index in [0.29, 0.717) is 0 Å². The van der Waals surface area contributed by atoms with Crippen molar-refractivity contribution in [2.75, 3.05) is 0 Å². The van der Waals surface area contributed by atoms with Crippen molar-refractivity contribution in [3.63, 3.8) is 0 Å². The third-order valence-electron chi connectivity index (χ3n) is 8.24. The average Bonchev–Trinajstić information content (AvgIpc) is 3.45. The van der Waals surface area contributed by atoms with Gasteiger partial charge in [0, 0.05) is 37.5 Å². The van der Waals surface area contributed by atoms with Crippen molar-refractivity contribution in [2.45, 2.75) is 13.8 Å². The molecule has 0 bridgehead atoms. The van der Waals surface area contributed by atoms with E-state index in [1.54, 1.807) is 0 Å². The Hall–Kier alpha value is -4.95. The maximum absolute atomic E-state index is 5.18. The topological polar surface area (TPSA) is 35.6 Å². The molecule has 0 aliphatic heterocycles. The number of para-hydroxylation sites is 3. The summed E-state index contributed by atoms with van der Waals surface area (Å²) in [5.41, 5.74) is 7.35. The van der Waals surface area contributed by atoms with Gasteiger partial charge < -0.3 is 4.57 Å². The minimum atomic E-state index is 0.771. The number of hydrogen-bond donors (Lipinski definition) is 0. The Labute approximate surface area is 258 Å². The van der Waals surface area contributed by atoms with Gasteiger partial charge in [0.05, 0.1) is 27.4 Å². The molecule has 3 aromatic heterocycles. The summed E-state index contributed by atoms with van der Waals surface area (Å²) in [5.74, 6) is 0.902. The molecule has 0 radical (unpaired) electrons. The summed E-state index contributed by atoms with van der Waals surface area (Å²) in [6.07, 6.45) is 10.4. The van der Waals surface area contributed by atoms with Gasteiger partial charge in [0.1, 0.15) is 5.82 Å². The highest BCUT2D eigenvalue weighted by Gasteiger charge is 2.19. The van der Waals surface area contributed by atoms with Crippen LogP contribution in [0, 0.1) is 6.92 Å². The molecule has 0 aliphatic rings. The van der Waals surface area contributed by atoms with Gasteiger partial charge in [-0.05, 0) is 73.2 Å². The Morgan fingerprint density at radius 1 is 0.837 bits per heavy atom. The fourth-order valence-corrected chi connectivity index (χ4v) is 6.84. The molecule has 7 rings (SSSR count). The van der Waals surface area contributed by atoms with Crippen molar-refractivity contribution in [3.05, 3.63) is 138 Å². The third kappa shape index (κ3) is 4.37. The van der Waals surface area contributed by atoms with Gasteiger partial charge in [0.2, 0.25) is 0 Å². The minimum Gasteiger partial charge on any atom is -0.309 e. The molecule has 7 aromatic rings. The Balaban J connectivity index is 1.64. The number of allylic oxidation sites excluding steroid dienone is 5. The van der Waals surface area contributed by atoms with Crippen LogP contribution in [-0.4, -0.2) is 35.4 Å². The molecule has 0 saturated heterocycles. The molecule has 0 amide bonds. The summed E-state index contributed by atoms with van der Waals surface area (Å²) in [6.45, 7) is 12.8. The van der Waals surface area contributed by atoms with Crippen LogP contribution in [0.15, 0.2) is 116 Å². The highest BCUT2D eigenvalue weighted by Crippen LogP contribution is 2.33. The molecule has 0 saturated carbocycles. The van der Waals surface area contributed by atoms with Crippen LogP contribution in [0.4, 0.5) is 0 Å². The molecule has 5 heteroatoms. The second kappa shape index (κ2) is 10.7. The molecule has 0 fully saturated rings. The predicted octanol–water partition coefficient (Wildman–Crippen LogP) is 6.09. The van der Waals surface area contributed by atoms with Crippen LogP contribution in [0.5, 0.6) is 0 Å². The van der Waals surface area contributed by atoms with Crippen molar-refractivity contribution >= 4 is 82.8 Å². The summed E-state index contributed by atoms with van der Waals surface area (Å²) in [7, 11) is 0. The van der Waals surface area contributed by atoms with Crippen molar-refractivity contribution in [1.29, 1.82) is 0 Å². The summed E-state index contributed by atoms with van der Waals surface area (Å²) in [4.78, 5) is 10.2. The van der Waals surface area contributed by atoms with E-state index in [4.69, 9.17) is 9.97 Å². The van der Waals surface area contributed by atoms with Crippen molar-refractivity contribution in [1.82, 2.24) is 19.1 Å². The lowest BCUT2D eigenvalue weighted by atomic mass is 10.0. The van der Waals surface area contributed by atoms with Crippen LogP contribution in [0.1, 0.15) is 18.2 Å². The molecular weight excluding hydrogens is 539 g/mol. The molecule has 206 valence electrons. The zero-order chi connectivity index (χ0) is 29.7. The lowest BCUT2D eigenvalue weighted by Gasteiger charge is -2.12. The lowest BCUT2D eigenvalue weighted by Crippen LogP contribution is -2.28. The standard InChI is InChI=1S/C38H29N4.Al.2H/c1-5-13-29(14-6-2)42-35-20-12-9-17-30(35)25(3)36(42)23-31-26(4)41(38-24-39-33-18-10-11-19-34(33)40-38)37-22-28-16-8-7-15-27(28)21-32(31)37;;;/h5-23H,1,3H2,2,4H3;;;/b14-6-,29-13+,36-23+;;;. The SMILES string of the molecule is C=C/C=C(\C=C/C)n1/c(=C/c2c(C)n(-c3nc4ccccc4n[c]3[AlH2])c3cc4ccccc4cc23)c(=C)c2ccccc21. The van der Waals surface area contributed by atoms with Gasteiger partial charge >= 0.3 is 0 Å². The Kier molecular flexibility index (Phi) is 6.71. The van der Waals surface area contributed by atoms with E-state index in [-0.39, 0.29) is 0 Å². The van der Waals surface area contributed by atoms with E-state index in [0.717, 1.165) is 81.6 Å². The third-order valence-corrected chi connectivity index (χ3v) is 8.91. The number of hydrogen-bond acceptors (Lipinski definition) is 2. The number of fused-ring (bicyclic) bond motifs is 4. The molecule has 0 atom stereocenters. The van der Waals surface area contributed by atoms with E-state index in [2.05, 4.69) is 108 Å². The van der Waals surface area contributed by atoms with Gasteiger partial charge in [-0.25, -0.2) is 4.98 Å². The smallest absolute Gasteiger partial charge is 0.296 e. The lowest BCUT2D eigenvalue weighted by molar-refractivity contribution is 1.00. The zero-order valence-corrected chi connectivity index (χ0v) is 26.7. The summed E-state index contributed by atoms with van der Waals surface area (Å²) in [6, 6.07) is 29.7. The second-order valence-corrected chi connectivity index (χ2v) is 11.8. The first kappa shape index (κ1) is 26.9.